The van der Waals surface area contributed by atoms with E-state index >= 15 is 0 Å². The first kappa shape index (κ1) is 17.5. The molecule has 0 aliphatic rings. The van der Waals surface area contributed by atoms with Gasteiger partial charge in [-0.2, -0.15) is 0 Å². The van der Waals surface area contributed by atoms with Gasteiger partial charge < -0.3 is 16.0 Å². The van der Waals surface area contributed by atoms with Gasteiger partial charge in [0.1, 0.15) is 0 Å². The first-order chi connectivity index (χ1) is 13.1. The second-order valence-electron chi connectivity index (χ2n) is 6.38. The molecule has 1 amide bonds. The van der Waals surface area contributed by atoms with E-state index in [0.29, 0.717) is 18.7 Å². The summed E-state index contributed by atoms with van der Waals surface area (Å²) >= 11 is 1.60. The molecule has 0 aliphatic carbocycles. The summed E-state index contributed by atoms with van der Waals surface area (Å²) in [6, 6.07) is 17.7. The van der Waals surface area contributed by atoms with E-state index in [1.165, 1.54) is 0 Å². The number of hydrogen-bond donors (Lipinski definition) is 2. The van der Waals surface area contributed by atoms with E-state index in [9.17, 15) is 9.59 Å². The number of benzene rings is 2. The molecule has 0 radical (unpaired) electrons. The number of fused-ring (bicyclic) bond motifs is 2. The molecule has 5 nitrogen and oxygen atoms in total. The van der Waals surface area contributed by atoms with E-state index < -0.39 is 11.7 Å². The number of nitrogens with two attached hydrogens (primary N) is 2. The second-order valence-corrected chi connectivity index (χ2v) is 7.46. The van der Waals surface area contributed by atoms with E-state index in [1.807, 2.05) is 48.5 Å². The van der Waals surface area contributed by atoms with Crippen LogP contribution in [0.15, 0.2) is 54.6 Å². The van der Waals surface area contributed by atoms with Crippen molar-refractivity contribution in [3.63, 3.8) is 0 Å². The summed E-state index contributed by atoms with van der Waals surface area (Å²) in [6.07, 6.45) is 0.765. The zero-order valence-electron chi connectivity index (χ0n) is 14.6. The second kappa shape index (κ2) is 6.98. The number of nitrogens with zero attached hydrogens (tertiary/aromatic N) is 1. The zero-order valence-corrected chi connectivity index (χ0v) is 15.5. The molecule has 0 saturated heterocycles. The molecule has 6 heteroatoms. The summed E-state index contributed by atoms with van der Waals surface area (Å²) in [4.78, 5) is 25.5. The fraction of sp³-hybridized carbons (Fsp3) is 0.143. The lowest BCUT2D eigenvalue weighted by atomic mass is 10.0. The lowest BCUT2D eigenvalue weighted by Crippen LogP contribution is -2.23. The number of amides is 1. The number of hydrogen-bond acceptors (Lipinski definition) is 4. The predicted molar refractivity (Wildman–Crippen MR) is 110 cm³/mol. The summed E-state index contributed by atoms with van der Waals surface area (Å²) in [5.41, 5.74) is 13.1. The topological polar surface area (TPSA) is 91.1 Å². The van der Waals surface area contributed by atoms with Crippen molar-refractivity contribution < 1.29 is 9.59 Å². The molecule has 0 spiro atoms. The number of aryl methyl sites for hydroxylation is 1. The van der Waals surface area contributed by atoms with Gasteiger partial charge in [-0.1, -0.05) is 36.4 Å². The summed E-state index contributed by atoms with van der Waals surface area (Å²) < 4.78 is 3.21. The molecule has 136 valence electrons. The van der Waals surface area contributed by atoms with Crippen LogP contribution in [0.3, 0.4) is 0 Å². The maximum Gasteiger partial charge on any atom is 0.289 e. The highest BCUT2D eigenvalue weighted by Crippen LogP contribution is 2.40. The summed E-state index contributed by atoms with van der Waals surface area (Å²) in [6.45, 7) is 1.20. The zero-order chi connectivity index (χ0) is 19.0. The molecule has 27 heavy (non-hydrogen) atoms. The highest BCUT2D eigenvalue weighted by atomic mass is 32.1. The van der Waals surface area contributed by atoms with Gasteiger partial charge in [-0.15, -0.1) is 11.3 Å². The quantitative estimate of drug-likeness (QED) is 0.398. The number of aromatic nitrogens is 1. The van der Waals surface area contributed by atoms with Gasteiger partial charge in [0, 0.05) is 22.1 Å². The molecule has 0 saturated carbocycles. The largest absolute Gasteiger partial charge is 0.363 e. The number of carbonyl (C=O) groups excluding carboxylic acids is 2. The van der Waals surface area contributed by atoms with Gasteiger partial charge in [-0.05, 0) is 36.6 Å². The molecule has 0 unspecified atom stereocenters. The van der Waals surface area contributed by atoms with Crippen LogP contribution in [0.2, 0.25) is 0 Å². The molecule has 2 heterocycles. The first-order valence-electron chi connectivity index (χ1n) is 8.76. The number of thiophene rings is 1. The number of para-hydroxylation sites is 1. The first-order valence-corrected chi connectivity index (χ1v) is 9.58. The minimum Gasteiger partial charge on any atom is -0.363 e. The van der Waals surface area contributed by atoms with Crippen LogP contribution in [0, 0.1) is 0 Å². The van der Waals surface area contributed by atoms with Crippen LogP contribution in [0.1, 0.15) is 16.8 Å². The highest BCUT2D eigenvalue weighted by molar-refractivity contribution is 7.22. The van der Waals surface area contributed by atoms with Crippen LogP contribution in [0.4, 0.5) is 0 Å². The average Bonchev–Trinajstić information content (AvgIpc) is 3.24. The molecule has 4 rings (SSSR count). The van der Waals surface area contributed by atoms with Crippen molar-refractivity contribution in [3.8, 4) is 10.6 Å². The van der Waals surface area contributed by atoms with Crippen LogP contribution in [0.5, 0.6) is 0 Å². The van der Waals surface area contributed by atoms with Crippen molar-refractivity contribution >= 4 is 44.0 Å². The molecular weight excluding hydrogens is 358 g/mol. The van der Waals surface area contributed by atoms with Gasteiger partial charge >= 0.3 is 0 Å². The number of rotatable bonds is 6. The Morgan fingerprint density at radius 3 is 2.52 bits per heavy atom. The SMILES string of the molecule is NCCCn1c(-c2cc3ccccc3s2)c(C(=O)C(N)=O)c2ccccc21. The highest BCUT2D eigenvalue weighted by Gasteiger charge is 2.27. The predicted octanol–water partition coefficient (Wildman–Crippen LogP) is 3.54. The molecule has 4 aromatic rings. The van der Waals surface area contributed by atoms with Gasteiger partial charge in [-0.25, -0.2) is 0 Å². The molecule has 0 aliphatic heterocycles. The van der Waals surface area contributed by atoms with Crippen molar-refractivity contribution in [2.75, 3.05) is 6.54 Å². The van der Waals surface area contributed by atoms with E-state index in [2.05, 4.69) is 10.6 Å². The Kier molecular flexibility index (Phi) is 4.51. The molecule has 0 atom stereocenters. The van der Waals surface area contributed by atoms with Crippen molar-refractivity contribution in [1.82, 2.24) is 4.57 Å². The third-order valence-electron chi connectivity index (χ3n) is 4.67. The summed E-state index contributed by atoms with van der Waals surface area (Å²) in [5, 5.41) is 1.84. The maximum atomic E-state index is 12.7. The Balaban J connectivity index is 2.07. The number of Topliss-reactive ketones (excluding diaryl/α,β-unsaturated/α-hetero) is 1. The van der Waals surface area contributed by atoms with E-state index in [1.54, 1.807) is 11.3 Å². The third kappa shape index (κ3) is 2.93. The van der Waals surface area contributed by atoms with Crippen molar-refractivity contribution in [2.24, 2.45) is 11.5 Å². The lowest BCUT2D eigenvalue weighted by molar-refractivity contribution is -0.114. The smallest absolute Gasteiger partial charge is 0.289 e. The third-order valence-corrected chi connectivity index (χ3v) is 5.79. The summed E-state index contributed by atoms with van der Waals surface area (Å²) in [5.74, 6) is -1.61. The molecule has 4 N–H and O–H groups in total. The van der Waals surface area contributed by atoms with E-state index in [0.717, 1.165) is 38.0 Å². The fourth-order valence-electron chi connectivity index (χ4n) is 3.49. The minimum absolute atomic E-state index is 0.377. The molecule has 2 aromatic carbocycles. The Morgan fingerprint density at radius 1 is 1.04 bits per heavy atom. The van der Waals surface area contributed by atoms with Gasteiger partial charge in [0.15, 0.2) is 0 Å². The normalized spacial score (nSPS) is 11.3. The Morgan fingerprint density at radius 2 is 1.78 bits per heavy atom. The minimum atomic E-state index is -0.945. The molecule has 0 fully saturated rings. The van der Waals surface area contributed by atoms with Crippen LogP contribution >= 0.6 is 11.3 Å². The van der Waals surface area contributed by atoms with E-state index in [4.69, 9.17) is 11.5 Å². The molecule has 0 bridgehead atoms. The summed E-state index contributed by atoms with van der Waals surface area (Å²) in [7, 11) is 0. The average molecular weight is 377 g/mol. The van der Waals surface area contributed by atoms with Crippen molar-refractivity contribution in [2.45, 2.75) is 13.0 Å². The lowest BCUT2D eigenvalue weighted by Gasteiger charge is -2.10. The Bertz CT molecular complexity index is 1140. The van der Waals surface area contributed by atoms with Crippen molar-refractivity contribution in [1.29, 1.82) is 0 Å². The number of carbonyl (C=O) groups is 2. The molecule has 2 aromatic heterocycles. The van der Waals surface area contributed by atoms with Gasteiger partial charge in [0.2, 0.25) is 0 Å². The Labute approximate surface area is 160 Å². The van der Waals surface area contributed by atoms with Gasteiger partial charge in [-0.3, -0.25) is 9.59 Å². The standard InChI is InChI=1S/C21H19N3O2S/c22-10-5-11-24-15-8-3-2-7-14(15)18(20(25)21(23)26)19(24)17-12-13-6-1-4-9-16(13)27-17/h1-4,6-9,12H,5,10-11,22H2,(H2,23,26). The Hall–Kier alpha value is -2.96. The van der Waals surface area contributed by atoms with Crippen LogP contribution in [-0.4, -0.2) is 22.8 Å². The van der Waals surface area contributed by atoms with Gasteiger partial charge in [0.25, 0.3) is 11.7 Å². The van der Waals surface area contributed by atoms with Crippen LogP contribution in [0.25, 0.3) is 31.6 Å². The molecular formula is C21H19N3O2S. The number of primary amides is 1. The van der Waals surface area contributed by atoms with Crippen LogP contribution in [-0.2, 0) is 11.3 Å². The number of ketones is 1. The van der Waals surface area contributed by atoms with Crippen LogP contribution < -0.4 is 11.5 Å². The maximum absolute atomic E-state index is 12.7. The van der Waals surface area contributed by atoms with E-state index in [-0.39, 0.29) is 0 Å². The van der Waals surface area contributed by atoms with Gasteiger partial charge in [0.05, 0.1) is 16.1 Å². The monoisotopic (exact) mass is 377 g/mol. The van der Waals surface area contributed by atoms with Crippen molar-refractivity contribution in [3.05, 3.63) is 60.2 Å². The fourth-order valence-corrected chi connectivity index (χ4v) is 4.62.